The van der Waals surface area contributed by atoms with E-state index >= 15 is 0 Å². The van der Waals surface area contributed by atoms with Crippen LogP contribution in [0.3, 0.4) is 0 Å². The summed E-state index contributed by atoms with van der Waals surface area (Å²) >= 11 is 0. The topological polar surface area (TPSA) is 26.0 Å². The first-order chi connectivity index (χ1) is 16.5. The van der Waals surface area contributed by atoms with Gasteiger partial charge in [-0.2, -0.15) is 4.57 Å². The first-order valence-corrected chi connectivity index (χ1v) is 13.0. The van der Waals surface area contributed by atoms with Crippen LogP contribution in [0.2, 0.25) is 0 Å². The van der Waals surface area contributed by atoms with Crippen LogP contribution < -0.4 is 9.30 Å². The van der Waals surface area contributed by atoms with Gasteiger partial charge in [-0.1, -0.05) is 57.0 Å². The lowest BCUT2D eigenvalue weighted by Crippen LogP contribution is -2.35. The van der Waals surface area contributed by atoms with Crippen molar-refractivity contribution in [3.05, 3.63) is 59.2 Å². The molecular formula is C31H35N2O+. The number of aromatic nitrogens is 2. The van der Waals surface area contributed by atoms with E-state index < -0.39 is 0 Å². The van der Waals surface area contributed by atoms with E-state index in [1.807, 2.05) is 0 Å². The Morgan fingerprint density at radius 1 is 1.03 bits per heavy atom. The molecule has 34 heavy (non-hydrogen) atoms. The average molecular weight is 452 g/mol. The minimum atomic E-state index is 0.541. The molecule has 174 valence electrons. The zero-order valence-corrected chi connectivity index (χ0v) is 21.2. The quantitative estimate of drug-likeness (QED) is 0.259. The number of ether oxygens (including phenoxy) is 1. The highest BCUT2D eigenvalue weighted by Gasteiger charge is 2.36. The van der Waals surface area contributed by atoms with Gasteiger partial charge in [-0.3, -0.25) is 0 Å². The van der Waals surface area contributed by atoms with Crippen molar-refractivity contribution in [2.75, 3.05) is 0 Å². The third-order valence-electron chi connectivity index (χ3n) is 9.24. The standard InChI is InChI=1S/C31H35N2O/c1-6-31(7-2)16-14-21(15-17-31)23-11-9-12-24-28(23)32-30-29(33(24)5)26-20(4)19(3)18-22-10-8-13-25(34-30)27(22)26/h8-13,18,21H,6-7,14-17H2,1-5H3/q+1. The molecule has 3 heteroatoms. The van der Waals surface area contributed by atoms with Gasteiger partial charge in [-0.25, -0.2) is 4.98 Å². The highest BCUT2D eigenvalue weighted by Crippen LogP contribution is 2.49. The Labute approximate surface area is 202 Å². The molecule has 3 nitrogen and oxygen atoms in total. The number of aryl methyl sites for hydroxylation is 2. The third-order valence-corrected chi connectivity index (χ3v) is 9.24. The van der Waals surface area contributed by atoms with Gasteiger partial charge in [0.05, 0.1) is 5.56 Å². The second-order valence-corrected chi connectivity index (χ2v) is 10.7. The van der Waals surface area contributed by atoms with Crippen LogP contribution >= 0.6 is 0 Å². The van der Waals surface area contributed by atoms with Gasteiger partial charge in [0, 0.05) is 11.5 Å². The molecule has 0 atom stereocenters. The van der Waals surface area contributed by atoms with E-state index in [9.17, 15) is 0 Å². The summed E-state index contributed by atoms with van der Waals surface area (Å²) in [5.74, 6) is 2.23. The van der Waals surface area contributed by atoms with Gasteiger partial charge in [-0.15, -0.1) is 0 Å². The lowest BCUT2D eigenvalue weighted by Gasteiger charge is -2.39. The van der Waals surface area contributed by atoms with Crippen molar-refractivity contribution < 1.29 is 9.30 Å². The zero-order valence-electron chi connectivity index (χ0n) is 21.2. The van der Waals surface area contributed by atoms with E-state index in [1.54, 1.807) is 0 Å². The molecule has 1 aliphatic carbocycles. The fraction of sp³-hybridized carbons (Fsp3) is 0.419. The van der Waals surface area contributed by atoms with Crippen molar-refractivity contribution in [2.45, 2.75) is 72.1 Å². The van der Waals surface area contributed by atoms with Gasteiger partial charge >= 0.3 is 0 Å². The fourth-order valence-corrected chi connectivity index (χ4v) is 6.68. The summed E-state index contributed by atoms with van der Waals surface area (Å²) in [6, 6.07) is 15.4. The second-order valence-electron chi connectivity index (χ2n) is 10.7. The van der Waals surface area contributed by atoms with Crippen molar-refractivity contribution in [1.29, 1.82) is 0 Å². The first kappa shape index (κ1) is 21.6. The molecule has 0 unspecified atom stereocenters. The highest BCUT2D eigenvalue weighted by molar-refractivity contribution is 6.04. The number of rotatable bonds is 3. The summed E-state index contributed by atoms with van der Waals surface area (Å²) in [6.07, 6.45) is 7.74. The van der Waals surface area contributed by atoms with E-state index in [2.05, 4.69) is 81.8 Å². The lowest BCUT2D eigenvalue weighted by atomic mass is 9.66. The van der Waals surface area contributed by atoms with Crippen LogP contribution in [0.5, 0.6) is 11.6 Å². The van der Waals surface area contributed by atoms with Gasteiger partial charge < -0.3 is 4.74 Å². The largest absolute Gasteiger partial charge is 0.433 e. The maximum absolute atomic E-state index is 6.51. The van der Waals surface area contributed by atoms with Gasteiger partial charge in [0.15, 0.2) is 0 Å². The molecule has 4 aromatic rings. The van der Waals surface area contributed by atoms with Crippen LogP contribution in [0.4, 0.5) is 0 Å². The molecule has 0 radical (unpaired) electrons. The number of benzene rings is 3. The Morgan fingerprint density at radius 3 is 2.50 bits per heavy atom. The van der Waals surface area contributed by atoms with E-state index in [4.69, 9.17) is 9.72 Å². The van der Waals surface area contributed by atoms with E-state index in [0.29, 0.717) is 11.3 Å². The van der Waals surface area contributed by atoms with Crippen LogP contribution in [0, 0.1) is 19.3 Å². The highest BCUT2D eigenvalue weighted by atomic mass is 16.5. The minimum Gasteiger partial charge on any atom is -0.433 e. The lowest BCUT2D eigenvalue weighted by molar-refractivity contribution is -0.634. The Hall–Kier alpha value is -2.94. The smallest absolute Gasteiger partial charge is 0.294 e. The molecule has 1 aliphatic heterocycles. The number of hydrogen-bond donors (Lipinski definition) is 0. The SMILES string of the molecule is CCC1(CC)CCC(c2cccc3c2nc2c([n+]3C)-c3c(C)c(C)cc4cccc(c34)O2)CC1. The van der Waals surface area contributed by atoms with Crippen LogP contribution in [0.15, 0.2) is 42.5 Å². The molecule has 6 rings (SSSR count). The molecule has 0 saturated heterocycles. The van der Waals surface area contributed by atoms with Gasteiger partial charge in [-0.05, 0) is 79.0 Å². The number of hydrogen-bond acceptors (Lipinski definition) is 2. The third kappa shape index (κ3) is 3.02. The number of para-hydroxylation sites is 1. The van der Waals surface area contributed by atoms with Crippen molar-refractivity contribution in [2.24, 2.45) is 12.5 Å². The van der Waals surface area contributed by atoms with Crippen LogP contribution in [-0.4, -0.2) is 4.98 Å². The summed E-state index contributed by atoms with van der Waals surface area (Å²) in [6.45, 7) is 9.17. The minimum absolute atomic E-state index is 0.541. The summed E-state index contributed by atoms with van der Waals surface area (Å²) in [5, 5.41) is 2.43. The summed E-state index contributed by atoms with van der Waals surface area (Å²) in [4.78, 5) is 5.24. The maximum atomic E-state index is 6.51. The number of fused-ring (bicyclic) bond motifs is 3. The molecule has 1 saturated carbocycles. The Balaban J connectivity index is 1.54. The van der Waals surface area contributed by atoms with E-state index in [-0.39, 0.29) is 0 Å². The molecule has 2 aliphatic rings. The average Bonchev–Trinajstić information content (AvgIpc) is 2.86. The molecule has 2 heterocycles. The van der Waals surface area contributed by atoms with Crippen LogP contribution in [0.25, 0.3) is 33.1 Å². The molecule has 0 amide bonds. The van der Waals surface area contributed by atoms with Gasteiger partial charge in [0.2, 0.25) is 5.52 Å². The van der Waals surface area contributed by atoms with Gasteiger partial charge in [0.25, 0.3) is 11.6 Å². The Kier molecular flexibility index (Phi) is 4.95. The fourth-order valence-electron chi connectivity index (χ4n) is 6.68. The Morgan fingerprint density at radius 2 is 1.76 bits per heavy atom. The summed E-state index contributed by atoms with van der Waals surface area (Å²) in [5.41, 5.74) is 9.20. The molecule has 0 N–H and O–H groups in total. The van der Waals surface area contributed by atoms with Crippen molar-refractivity contribution >= 4 is 21.8 Å². The first-order valence-electron chi connectivity index (χ1n) is 13.0. The molecular weight excluding hydrogens is 416 g/mol. The molecule has 1 aromatic heterocycles. The van der Waals surface area contributed by atoms with Crippen molar-refractivity contribution in [1.82, 2.24) is 4.98 Å². The molecule has 0 bridgehead atoms. The predicted octanol–water partition coefficient (Wildman–Crippen LogP) is 8.07. The predicted molar refractivity (Wildman–Crippen MR) is 140 cm³/mol. The van der Waals surface area contributed by atoms with E-state index in [1.165, 1.54) is 77.1 Å². The normalized spacial score (nSPS) is 17.1. The Bertz CT molecular complexity index is 1440. The molecule has 0 spiro atoms. The van der Waals surface area contributed by atoms with E-state index in [0.717, 1.165) is 22.8 Å². The van der Waals surface area contributed by atoms with Crippen LogP contribution in [0.1, 0.15) is 75.0 Å². The zero-order chi connectivity index (χ0) is 23.6. The van der Waals surface area contributed by atoms with Crippen LogP contribution in [-0.2, 0) is 7.05 Å². The number of nitrogens with zero attached hydrogens (tertiary/aromatic N) is 2. The maximum Gasteiger partial charge on any atom is 0.294 e. The van der Waals surface area contributed by atoms with Crippen molar-refractivity contribution in [3.8, 4) is 22.9 Å². The molecule has 3 aromatic carbocycles. The summed E-state index contributed by atoms with van der Waals surface area (Å²) in [7, 11) is 2.18. The monoisotopic (exact) mass is 451 g/mol. The van der Waals surface area contributed by atoms with Crippen molar-refractivity contribution in [3.63, 3.8) is 0 Å². The van der Waals surface area contributed by atoms with Gasteiger partial charge in [0.1, 0.15) is 18.3 Å². The second kappa shape index (κ2) is 7.80. The summed E-state index contributed by atoms with van der Waals surface area (Å²) < 4.78 is 8.83. The molecule has 1 fully saturated rings.